The Hall–Kier alpha value is -3.42. The van der Waals surface area contributed by atoms with Crippen molar-refractivity contribution in [1.82, 2.24) is 24.6 Å². The second kappa shape index (κ2) is 7.20. The first-order chi connectivity index (χ1) is 14.3. The van der Waals surface area contributed by atoms with Gasteiger partial charge in [-0.2, -0.15) is 0 Å². The molecule has 0 spiro atoms. The van der Waals surface area contributed by atoms with Crippen molar-refractivity contribution in [3.63, 3.8) is 0 Å². The Kier molecular flexibility index (Phi) is 4.38. The number of aromatic nitrogens is 5. The van der Waals surface area contributed by atoms with Gasteiger partial charge in [0.05, 0.1) is 12.3 Å². The lowest BCUT2D eigenvalue weighted by Gasteiger charge is -2.11. The van der Waals surface area contributed by atoms with E-state index in [4.69, 9.17) is 4.74 Å². The molecule has 146 valence electrons. The van der Waals surface area contributed by atoms with E-state index >= 15 is 0 Å². The van der Waals surface area contributed by atoms with Crippen LogP contribution in [0.4, 0.5) is 8.78 Å². The second-order valence-corrected chi connectivity index (χ2v) is 6.85. The van der Waals surface area contributed by atoms with E-state index in [2.05, 4.69) is 20.2 Å². The molecule has 5 rings (SSSR count). The minimum Gasteiger partial charge on any atom is -0.493 e. The molecule has 4 aromatic rings. The predicted molar refractivity (Wildman–Crippen MR) is 102 cm³/mol. The number of pyridine rings is 1. The van der Waals surface area contributed by atoms with Crippen LogP contribution in [-0.2, 0) is 25.9 Å². The van der Waals surface area contributed by atoms with Crippen molar-refractivity contribution >= 4 is 5.65 Å². The molecular weight excluding hydrogens is 376 g/mol. The van der Waals surface area contributed by atoms with Crippen LogP contribution in [0.1, 0.15) is 22.6 Å². The van der Waals surface area contributed by atoms with Crippen LogP contribution in [0.5, 0.6) is 5.75 Å². The van der Waals surface area contributed by atoms with Gasteiger partial charge in [-0.1, -0.05) is 6.07 Å². The van der Waals surface area contributed by atoms with Crippen molar-refractivity contribution in [3.8, 4) is 16.9 Å². The molecule has 1 aromatic carbocycles. The highest BCUT2D eigenvalue weighted by atomic mass is 19.1. The maximum Gasteiger partial charge on any atom is 0.171 e. The number of rotatable bonds is 5. The molecule has 0 atom stereocenters. The van der Waals surface area contributed by atoms with Gasteiger partial charge < -0.3 is 4.74 Å². The average molecular weight is 393 g/mol. The Labute approximate surface area is 165 Å². The summed E-state index contributed by atoms with van der Waals surface area (Å²) in [5.41, 5.74) is 3.79. The summed E-state index contributed by atoms with van der Waals surface area (Å²) in [6.45, 7) is -0.102. The average Bonchev–Trinajstić information content (AvgIpc) is 3.43. The van der Waals surface area contributed by atoms with Crippen molar-refractivity contribution in [1.29, 1.82) is 0 Å². The Morgan fingerprint density at radius 2 is 2.03 bits per heavy atom. The third-order valence-corrected chi connectivity index (χ3v) is 5.26. The molecule has 0 aliphatic carbocycles. The summed E-state index contributed by atoms with van der Waals surface area (Å²) in [5, 5.41) is 8.19. The zero-order chi connectivity index (χ0) is 19.8. The fourth-order valence-corrected chi connectivity index (χ4v) is 3.85. The van der Waals surface area contributed by atoms with Gasteiger partial charge in [0.2, 0.25) is 0 Å². The zero-order valence-electron chi connectivity index (χ0n) is 15.5. The molecule has 0 saturated heterocycles. The lowest BCUT2D eigenvalue weighted by atomic mass is 10.00. The number of halogens is 2. The molecule has 29 heavy (non-hydrogen) atoms. The smallest absolute Gasteiger partial charge is 0.171 e. The first kappa shape index (κ1) is 17.7. The topological polar surface area (TPSA) is 65.2 Å². The van der Waals surface area contributed by atoms with Gasteiger partial charge in [0.25, 0.3) is 0 Å². The van der Waals surface area contributed by atoms with Crippen LogP contribution in [0.2, 0.25) is 0 Å². The summed E-state index contributed by atoms with van der Waals surface area (Å²) in [6.07, 6.45) is 6.49. The van der Waals surface area contributed by atoms with Gasteiger partial charge in [0.1, 0.15) is 30.4 Å². The van der Waals surface area contributed by atoms with Crippen molar-refractivity contribution in [2.45, 2.75) is 25.9 Å². The number of nitrogens with zero attached hydrogens (tertiary/aromatic N) is 5. The van der Waals surface area contributed by atoms with E-state index in [1.807, 2.05) is 0 Å². The molecule has 0 bridgehead atoms. The van der Waals surface area contributed by atoms with E-state index in [1.165, 1.54) is 6.07 Å². The molecule has 0 saturated carbocycles. The third-order valence-electron chi connectivity index (χ3n) is 5.26. The number of hydrogen-bond donors (Lipinski definition) is 0. The highest BCUT2D eigenvalue weighted by Gasteiger charge is 2.20. The van der Waals surface area contributed by atoms with Crippen molar-refractivity contribution < 1.29 is 13.5 Å². The van der Waals surface area contributed by atoms with E-state index in [0.29, 0.717) is 59.7 Å². The minimum absolute atomic E-state index is 0.228. The molecule has 0 radical (unpaired) electrons. The van der Waals surface area contributed by atoms with E-state index in [-0.39, 0.29) is 5.82 Å². The molecule has 0 N–H and O–H groups in total. The Balaban J connectivity index is 1.51. The number of ether oxygens (including phenoxy) is 1. The standard InChI is InChI=1S/C21H17F2N5O/c22-10-18-14(2-1-8-24-18)16-11-25-20(28-12-26-27-21(16)28)6-3-13-15-7-9-29-19(15)5-4-17(13)23/h1-2,4-5,8,11-12H,3,6-7,9-10H2. The minimum atomic E-state index is -0.682. The van der Waals surface area contributed by atoms with Crippen LogP contribution in [0.15, 0.2) is 43.0 Å². The fourth-order valence-electron chi connectivity index (χ4n) is 3.85. The first-order valence-electron chi connectivity index (χ1n) is 9.37. The largest absolute Gasteiger partial charge is 0.493 e. The number of fused-ring (bicyclic) bond motifs is 2. The lowest BCUT2D eigenvalue weighted by Crippen LogP contribution is -2.06. The normalized spacial score (nSPS) is 12.9. The van der Waals surface area contributed by atoms with Crippen LogP contribution in [0.25, 0.3) is 16.8 Å². The molecule has 0 amide bonds. The van der Waals surface area contributed by atoms with Gasteiger partial charge >= 0.3 is 0 Å². The van der Waals surface area contributed by atoms with Gasteiger partial charge in [-0.25, -0.2) is 13.8 Å². The van der Waals surface area contributed by atoms with Crippen molar-refractivity contribution in [2.75, 3.05) is 6.61 Å². The van der Waals surface area contributed by atoms with Crippen LogP contribution >= 0.6 is 0 Å². The summed E-state index contributed by atoms with van der Waals surface area (Å²) in [4.78, 5) is 8.64. The zero-order valence-corrected chi connectivity index (χ0v) is 15.5. The molecule has 1 aliphatic heterocycles. The number of benzene rings is 1. The molecule has 8 heteroatoms. The Morgan fingerprint density at radius 1 is 1.10 bits per heavy atom. The molecule has 0 unspecified atom stereocenters. The van der Waals surface area contributed by atoms with Gasteiger partial charge in [0.15, 0.2) is 5.65 Å². The van der Waals surface area contributed by atoms with Crippen LogP contribution in [0, 0.1) is 5.82 Å². The number of aryl methyl sites for hydroxylation is 1. The van der Waals surface area contributed by atoms with Crippen molar-refractivity contribution in [3.05, 3.63) is 71.4 Å². The fraction of sp³-hybridized carbons (Fsp3) is 0.238. The summed E-state index contributed by atoms with van der Waals surface area (Å²) in [5.74, 6) is 1.23. The highest BCUT2D eigenvalue weighted by Crippen LogP contribution is 2.31. The van der Waals surface area contributed by atoms with Crippen molar-refractivity contribution in [2.24, 2.45) is 0 Å². The summed E-state index contributed by atoms with van der Waals surface area (Å²) in [7, 11) is 0. The number of alkyl halides is 1. The van der Waals surface area contributed by atoms with E-state index in [9.17, 15) is 8.78 Å². The SMILES string of the molecule is FCc1ncccc1-c1cnc(CCc2c(F)ccc3c2CCO3)n2cnnc12. The highest BCUT2D eigenvalue weighted by molar-refractivity contribution is 5.77. The summed E-state index contributed by atoms with van der Waals surface area (Å²) < 4.78 is 35.1. The molecule has 4 heterocycles. The van der Waals surface area contributed by atoms with E-state index in [0.717, 1.165) is 11.3 Å². The maximum absolute atomic E-state index is 14.4. The summed E-state index contributed by atoms with van der Waals surface area (Å²) in [6, 6.07) is 6.67. The third kappa shape index (κ3) is 3.00. The van der Waals surface area contributed by atoms with Gasteiger partial charge in [-0.3, -0.25) is 9.38 Å². The maximum atomic E-state index is 14.4. The van der Waals surface area contributed by atoms with Crippen LogP contribution in [0.3, 0.4) is 0 Å². The molecule has 1 aliphatic rings. The molecule has 6 nitrogen and oxygen atoms in total. The second-order valence-electron chi connectivity index (χ2n) is 6.85. The van der Waals surface area contributed by atoms with E-state index < -0.39 is 6.67 Å². The van der Waals surface area contributed by atoms with Gasteiger partial charge in [0, 0.05) is 41.9 Å². The quantitative estimate of drug-likeness (QED) is 0.519. The first-order valence-corrected chi connectivity index (χ1v) is 9.37. The molecule has 3 aromatic heterocycles. The lowest BCUT2D eigenvalue weighted by molar-refractivity contribution is 0.356. The Bertz CT molecular complexity index is 1210. The van der Waals surface area contributed by atoms with Crippen LogP contribution in [-0.4, -0.2) is 31.2 Å². The summed E-state index contributed by atoms with van der Waals surface area (Å²) >= 11 is 0. The van der Waals surface area contributed by atoms with Crippen LogP contribution < -0.4 is 4.74 Å². The van der Waals surface area contributed by atoms with Gasteiger partial charge in [-0.05, 0) is 30.2 Å². The molecule has 0 fully saturated rings. The monoisotopic (exact) mass is 393 g/mol. The number of hydrogen-bond acceptors (Lipinski definition) is 5. The van der Waals surface area contributed by atoms with Gasteiger partial charge in [-0.15, -0.1) is 10.2 Å². The predicted octanol–water partition coefficient (Wildman–Crippen LogP) is 3.52. The molecular formula is C21H17F2N5O. The Morgan fingerprint density at radius 3 is 2.93 bits per heavy atom. The van der Waals surface area contributed by atoms with E-state index in [1.54, 1.807) is 41.3 Å².